The van der Waals surface area contributed by atoms with E-state index in [0.29, 0.717) is 0 Å². The minimum Gasteiger partial charge on any atom is -0.469 e. The van der Waals surface area contributed by atoms with Crippen molar-refractivity contribution in [3.05, 3.63) is 0 Å². The molecule has 1 atom stereocenters. The minimum absolute atomic E-state index is 0.00236. The number of nitrogens with one attached hydrogen (secondary N) is 1. The van der Waals surface area contributed by atoms with Gasteiger partial charge in [-0.15, -0.1) is 0 Å². The van der Waals surface area contributed by atoms with Gasteiger partial charge in [-0.2, -0.15) is 17.4 Å². The fraction of sp³-hybridized carbons (Fsp3) is 0.889. The van der Waals surface area contributed by atoms with Crippen LogP contribution in [0.25, 0.3) is 0 Å². The number of rotatable bonds is 9. The number of aliphatic hydroxyl groups excluding tert-OH is 1. The third kappa shape index (κ3) is 6.87. The Morgan fingerprint density at radius 2 is 2.06 bits per heavy atom. The van der Waals surface area contributed by atoms with Gasteiger partial charge in [-0.25, -0.2) is 0 Å². The summed E-state index contributed by atoms with van der Waals surface area (Å²) in [5.74, 6) is -0.489. The summed E-state index contributed by atoms with van der Waals surface area (Å²) in [7, 11) is 0.245. The zero-order valence-electron chi connectivity index (χ0n) is 10.7. The van der Waals surface area contributed by atoms with Crippen LogP contribution in [-0.2, 0) is 24.5 Å². The van der Waals surface area contributed by atoms with E-state index in [9.17, 15) is 18.3 Å². The molecular weight excluding hydrogens is 264 g/mol. The number of ether oxygens (including phenoxy) is 2. The van der Waals surface area contributed by atoms with E-state index < -0.39 is 22.3 Å². The zero-order chi connectivity index (χ0) is 14.2. The van der Waals surface area contributed by atoms with E-state index in [1.807, 2.05) is 0 Å². The fourth-order valence-corrected chi connectivity index (χ4v) is 1.99. The van der Waals surface area contributed by atoms with Gasteiger partial charge in [0.05, 0.1) is 26.2 Å². The Kier molecular flexibility index (Phi) is 8.03. The molecule has 0 saturated carbocycles. The standard InChI is InChI=1S/C9H20N2O6S/c1-11(5-4-9(13)17-3)18(14,15)10-6-8(12)7-16-2/h8,10,12H,4-7H2,1-3H3. The molecule has 0 heterocycles. The molecule has 0 bridgehead atoms. The number of esters is 1. The molecule has 0 aliphatic rings. The Morgan fingerprint density at radius 3 is 2.56 bits per heavy atom. The van der Waals surface area contributed by atoms with Gasteiger partial charge in [-0.3, -0.25) is 4.79 Å². The molecule has 1 unspecified atom stereocenters. The van der Waals surface area contributed by atoms with Gasteiger partial charge in [-0.05, 0) is 0 Å². The first-order valence-corrected chi connectivity index (χ1v) is 6.72. The highest BCUT2D eigenvalue weighted by Gasteiger charge is 2.19. The number of methoxy groups -OCH3 is 2. The highest BCUT2D eigenvalue weighted by Crippen LogP contribution is 1.97. The van der Waals surface area contributed by atoms with Gasteiger partial charge >= 0.3 is 5.97 Å². The van der Waals surface area contributed by atoms with E-state index in [1.165, 1.54) is 21.3 Å². The Hall–Kier alpha value is -0.740. The quantitative estimate of drug-likeness (QED) is 0.490. The Bertz CT molecular complexity index is 345. The fourth-order valence-electron chi connectivity index (χ4n) is 1.03. The molecule has 18 heavy (non-hydrogen) atoms. The van der Waals surface area contributed by atoms with Crippen molar-refractivity contribution in [2.45, 2.75) is 12.5 Å². The summed E-state index contributed by atoms with van der Waals surface area (Å²) in [4.78, 5) is 10.9. The first-order valence-electron chi connectivity index (χ1n) is 5.28. The van der Waals surface area contributed by atoms with Crippen molar-refractivity contribution < 1.29 is 27.8 Å². The largest absolute Gasteiger partial charge is 0.469 e. The molecule has 0 spiro atoms. The Balaban J connectivity index is 4.15. The second-order valence-electron chi connectivity index (χ2n) is 3.61. The maximum Gasteiger partial charge on any atom is 0.306 e. The van der Waals surface area contributed by atoms with Crippen LogP contribution in [0.5, 0.6) is 0 Å². The van der Waals surface area contributed by atoms with Crippen molar-refractivity contribution in [3.8, 4) is 0 Å². The normalized spacial score (nSPS) is 13.6. The number of hydrogen-bond donors (Lipinski definition) is 2. The number of nitrogens with zero attached hydrogens (tertiary/aromatic N) is 1. The molecule has 0 aromatic rings. The maximum absolute atomic E-state index is 11.7. The van der Waals surface area contributed by atoms with Crippen LogP contribution < -0.4 is 4.72 Å². The van der Waals surface area contributed by atoms with E-state index in [1.54, 1.807) is 0 Å². The third-order valence-electron chi connectivity index (χ3n) is 2.13. The molecule has 0 amide bonds. The van der Waals surface area contributed by atoms with Gasteiger partial charge in [0.1, 0.15) is 0 Å². The van der Waals surface area contributed by atoms with Gasteiger partial charge in [0.15, 0.2) is 0 Å². The molecule has 2 N–H and O–H groups in total. The third-order valence-corrected chi connectivity index (χ3v) is 3.66. The lowest BCUT2D eigenvalue weighted by Gasteiger charge is -2.18. The lowest BCUT2D eigenvalue weighted by atomic mass is 10.4. The molecule has 9 heteroatoms. The molecule has 0 aromatic heterocycles. The predicted molar refractivity (Wildman–Crippen MR) is 64.1 cm³/mol. The van der Waals surface area contributed by atoms with Crippen LogP contribution in [0.15, 0.2) is 0 Å². The molecule has 0 aromatic carbocycles. The van der Waals surface area contributed by atoms with Crippen molar-refractivity contribution >= 4 is 16.2 Å². The lowest BCUT2D eigenvalue weighted by Crippen LogP contribution is -2.43. The van der Waals surface area contributed by atoms with Crippen LogP contribution in [0.2, 0.25) is 0 Å². The second kappa shape index (κ2) is 8.38. The van der Waals surface area contributed by atoms with Crippen molar-refractivity contribution in [1.29, 1.82) is 0 Å². The van der Waals surface area contributed by atoms with Crippen molar-refractivity contribution in [1.82, 2.24) is 9.03 Å². The molecule has 0 saturated heterocycles. The van der Waals surface area contributed by atoms with E-state index in [0.717, 1.165) is 4.31 Å². The second-order valence-corrected chi connectivity index (χ2v) is 5.47. The first kappa shape index (κ1) is 17.3. The molecule has 0 fully saturated rings. The summed E-state index contributed by atoms with van der Waals surface area (Å²) in [6.07, 6.45) is -0.951. The molecular formula is C9H20N2O6S. The molecule has 0 aliphatic heterocycles. The van der Waals surface area contributed by atoms with Crippen molar-refractivity contribution in [2.24, 2.45) is 0 Å². The van der Waals surface area contributed by atoms with E-state index >= 15 is 0 Å². The van der Waals surface area contributed by atoms with Crippen LogP contribution in [0, 0.1) is 0 Å². The number of aliphatic hydroxyl groups is 1. The van der Waals surface area contributed by atoms with E-state index in [4.69, 9.17) is 0 Å². The van der Waals surface area contributed by atoms with Crippen LogP contribution in [0.4, 0.5) is 0 Å². The average molecular weight is 284 g/mol. The molecule has 108 valence electrons. The molecule has 0 rings (SSSR count). The molecule has 0 aliphatic carbocycles. The monoisotopic (exact) mass is 284 g/mol. The molecule has 0 radical (unpaired) electrons. The van der Waals surface area contributed by atoms with E-state index in [2.05, 4.69) is 14.2 Å². The zero-order valence-corrected chi connectivity index (χ0v) is 11.6. The van der Waals surface area contributed by atoms with Gasteiger partial charge in [-0.1, -0.05) is 0 Å². The summed E-state index contributed by atoms with van der Waals surface area (Å²) in [6.45, 7) is -0.116. The van der Waals surface area contributed by atoms with Gasteiger partial charge in [0.25, 0.3) is 10.2 Å². The van der Waals surface area contributed by atoms with Crippen molar-refractivity contribution in [2.75, 3.05) is 41.0 Å². The van der Waals surface area contributed by atoms with Crippen LogP contribution >= 0.6 is 0 Å². The smallest absolute Gasteiger partial charge is 0.306 e. The number of carbonyl (C=O) groups is 1. The topological polar surface area (TPSA) is 105 Å². The maximum atomic E-state index is 11.7. The van der Waals surface area contributed by atoms with E-state index in [-0.39, 0.29) is 26.1 Å². The number of carbonyl (C=O) groups excluding carboxylic acids is 1. The summed E-state index contributed by atoms with van der Waals surface area (Å²) in [5, 5.41) is 9.31. The highest BCUT2D eigenvalue weighted by atomic mass is 32.2. The summed E-state index contributed by atoms with van der Waals surface area (Å²) in [5.41, 5.74) is 0. The van der Waals surface area contributed by atoms with Gasteiger partial charge < -0.3 is 14.6 Å². The lowest BCUT2D eigenvalue weighted by molar-refractivity contribution is -0.140. The Morgan fingerprint density at radius 1 is 1.44 bits per heavy atom. The van der Waals surface area contributed by atoms with Gasteiger partial charge in [0.2, 0.25) is 0 Å². The Labute approximate surface area is 107 Å². The highest BCUT2D eigenvalue weighted by molar-refractivity contribution is 7.87. The van der Waals surface area contributed by atoms with Crippen LogP contribution in [0.3, 0.4) is 0 Å². The summed E-state index contributed by atoms with van der Waals surface area (Å²) in [6, 6.07) is 0. The summed E-state index contributed by atoms with van der Waals surface area (Å²) >= 11 is 0. The average Bonchev–Trinajstić information content (AvgIpc) is 2.33. The number of hydrogen-bond acceptors (Lipinski definition) is 6. The van der Waals surface area contributed by atoms with Crippen LogP contribution in [0.1, 0.15) is 6.42 Å². The van der Waals surface area contributed by atoms with Crippen molar-refractivity contribution in [3.63, 3.8) is 0 Å². The minimum atomic E-state index is -3.72. The molecule has 8 nitrogen and oxygen atoms in total. The first-order chi connectivity index (χ1) is 8.33. The summed E-state index contributed by atoms with van der Waals surface area (Å²) < 4.78 is 35.5. The van der Waals surface area contributed by atoms with Crippen LogP contribution in [-0.4, -0.2) is 70.9 Å². The SMILES string of the molecule is COCC(O)CNS(=O)(=O)N(C)CCC(=O)OC. The predicted octanol–water partition coefficient (Wildman–Crippen LogP) is -1.68. The van der Waals surface area contributed by atoms with Gasteiger partial charge in [0, 0.05) is 27.2 Å².